The molecule has 1 aromatic heterocycles. The smallest absolute Gasteiger partial charge is 0.239 e. The van der Waals surface area contributed by atoms with Crippen molar-refractivity contribution in [2.45, 2.75) is 13.0 Å². The van der Waals surface area contributed by atoms with Gasteiger partial charge in [-0.15, -0.1) is 0 Å². The molecular formula is C8H14N4O. The molecule has 1 unspecified atom stereocenters. The van der Waals surface area contributed by atoms with Crippen molar-refractivity contribution >= 4 is 11.7 Å². The Labute approximate surface area is 77.1 Å². The molecule has 1 amide bonds. The lowest BCUT2D eigenvalue weighted by Gasteiger charge is -2.21. The fourth-order valence-electron chi connectivity index (χ4n) is 0.980. The van der Waals surface area contributed by atoms with E-state index in [0.29, 0.717) is 0 Å². The fourth-order valence-corrected chi connectivity index (χ4v) is 0.980. The lowest BCUT2D eigenvalue weighted by atomic mass is 10.3. The molecule has 1 aromatic rings. The minimum atomic E-state index is -0.354. The van der Waals surface area contributed by atoms with Crippen LogP contribution in [0, 0.1) is 0 Å². The maximum Gasteiger partial charge on any atom is 0.239 e. The number of carbonyl (C=O) groups excluding carboxylic acids is 1. The van der Waals surface area contributed by atoms with Crippen molar-refractivity contribution in [3.63, 3.8) is 0 Å². The number of nitrogens with two attached hydrogens (primary N) is 1. The summed E-state index contributed by atoms with van der Waals surface area (Å²) in [6.07, 6.45) is 1.82. The lowest BCUT2D eigenvalue weighted by Crippen LogP contribution is -2.40. The summed E-state index contributed by atoms with van der Waals surface area (Å²) < 4.78 is 1.68. The number of anilines is 1. The van der Waals surface area contributed by atoms with Crippen LogP contribution in [0.4, 0.5) is 5.82 Å². The summed E-state index contributed by atoms with van der Waals surface area (Å²) in [7, 11) is 3.62. The topological polar surface area (TPSA) is 64.2 Å². The molecule has 0 aliphatic rings. The molecule has 0 bridgehead atoms. The minimum Gasteiger partial charge on any atom is -0.368 e. The Bertz CT molecular complexity index is 307. The Hall–Kier alpha value is -1.52. The van der Waals surface area contributed by atoms with Gasteiger partial charge in [-0.2, -0.15) is 5.10 Å². The van der Waals surface area contributed by atoms with Crippen LogP contribution < -0.4 is 10.6 Å². The average Bonchev–Trinajstić information content (AvgIpc) is 2.49. The molecular weight excluding hydrogens is 168 g/mol. The molecule has 0 saturated carbocycles. The molecule has 0 fully saturated rings. The standard InChI is InChI=1S/C8H14N4O/c1-6(8(9)13)12(3)7-4-5-11(2)10-7/h4-6H,1-3H3,(H2,9,13). The van der Waals surface area contributed by atoms with Crippen molar-refractivity contribution in [2.75, 3.05) is 11.9 Å². The van der Waals surface area contributed by atoms with Crippen LogP contribution in [-0.2, 0) is 11.8 Å². The van der Waals surface area contributed by atoms with Crippen molar-refractivity contribution in [1.82, 2.24) is 9.78 Å². The van der Waals surface area contributed by atoms with Gasteiger partial charge in [0.15, 0.2) is 5.82 Å². The summed E-state index contributed by atoms with van der Waals surface area (Å²) in [6, 6.07) is 1.49. The molecule has 0 saturated heterocycles. The van der Waals surface area contributed by atoms with Gasteiger partial charge in [0.2, 0.25) is 5.91 Å². The van der Waals surface area contributed by atoms with Crippen LogP contribution in [0.15, 0.2) is 12.3 Å². The quantitative estimate of drug-likeness (QED) is 0.700. The van der Waals surface area contributed by atoms with E-state index in [1.807, 2.05) is 19.3 Å². The third-order valence-corrected chi connectivity index (χ3v) is 2.05. The first-order valence-corrected chi connectivity index (χ1v) is 4.04. The third kappa shape index (κ3) is 1.99. The van der Waals surface area contributed by atoms with E-state index in [2.05, 4.69) is 5.10 Å². The van der Waals surface area contributed by atoms with Crippen molar-refractivity contribution in [2.24, 2.45) is 12.8 Å². The number of nitrogens with zero attached hydrogens (tertiary/aromatic N) is 3. The van der Waals surface area contributed by atoms with Crippen molar-refractivity contribution < 1.29 is 4.79 Å². The highest BCUT2D eigenvalue weighted by Gasteiger charge is 2.16. The second-order valence-corrected chi connectivity index (χ2v) is 3.04. The van der Waals surface area contributed by atoms with Crippen LogP contribution in [-0.4, -0.2) is 28.8 Å². The summed E-state index contributed by atoms with van der Waals surface area (Å²) in [4.78, 5) is 12.6. The predicted octanol–water partition coefficient (Wildman–Crippen LogP) is -0.270. The van der Waals surface area contributed by atoms with Crippen molar-refractivity contribution in [3.05, 3.63) is 12.3 Å². The SMILES string of the molecule is CC(C(N)=O)N(C)c1ccn(C)n1. The molecule has 0 aliphatic heterocycles. The zero-order valence-electron chi connectivity index (χ0n) is 8.06. The van der Waals surface area contributed by atoms with Crippen molar-refractivity contribution in [1.29, 1.82) is 0 Å². The van der Waals surface area contributed by atoms with Crippen LogP contribution in [0.25, 0.3) is 0 Å². The molecule has 0 aliphatic carbocycles. The van der Waals surface area contributed by atoms with Crippen molar-refractivity contribution in [3.8, 4) is 0 Å². The number of hydrogen-bond donors (Lipinski definition) is 1. The van der Waals surface area contributed by atoms with Crippen LogP contribution >= 0.6 is 0 Å². The van der Waals surface area contributed by atoms with Gasteiger partial charge in [-0.1, -0.05) is 0 Å². The zero-order valence-corrected chi connectivity index (χ0v) is 8.06. The Balaban J connectivity index is 2.78. The number of primary amides is 1. The molecule has 2 N–H and O–H groups in total. The highest BCUT2D eigenvalue weighted by molar-refractivity contribution is 5.82. The summed E-state index contributed by atoms with van der Waals surface area (Å²) in [5.74, 6) is 0.391. The molecule has 0 aromatic carbocycles. The molecule has 5 nitrogen and oxygen atoms in total. The number of aryl methyl sites for hydroxylation is 1. The minimum absolute atomic E-state index is 0.338. The lowest BCUT2D eigenvalue weighted by molar-refractivity contribution is -0.118. The molecule has 0 spiro atoms. The van der Waals surface area contributed by atoms with Crippen LogP contribution in [0.1, 0.15) is 6.92 Å². The molecule has 0 radical (unpaired) electrons. The van der Waals surface area contributed by atoms with E-state index in [4.69, 9.17) is 5.73 Å². The van der Waals surface area contributed by atoms with Gasteiger partial charge < -0.3 is 10.6 Å². The highest BCUT2D eigenvalue weighted by atomic mass is 16.1. The second-order valence-electron chi connectivity index (χ2n) is 3.04. The van der Waals surface area contributed by atoms with E-state index < -0.39 is 0 Å². The Morgan fingerprint density at radius 3 is 2.77 bits per heavy atom. The summed E-state index contributed by atoms with van der Waals surface area (Å²) >= 11 is 0. The average molecular weight is 182 g/mol. The van der Waals surface area contributed by atoms with Gasteiger partial charge in [0, 0.05) is 26.4 Å². The van der Waals surface area contributed by atoms with Crippen LogP contribution in [0.2, 0.25) is 0 Å². The first-order chi connectivity index (χ1) is 6.02. The maximum atomic E-state index is 10.9. The van der Waals surface area contributed by atoms with E-state index in [0.717, 1.165) is 5.82 Å². The van der Waals surface area contributed by atoms with Gasteiger partial charge in [0.25, 0.3) is 0 Å². The number of hydrogen-bond acceptors (Lipinski definition) is 3. The molecule has 13 heavy (non-hydrogen) atoms. The van der Waals surface area contributed by atoms with Gasteiger partial charge in [-0.05, 0) is 6.92 Å². The monoisotopic (exact) mass is 182 g/mol. The van der Waals surface area contributed by atoms with Gasteiger partial charge in [0.05, 0.1) is 0 Å². The Kier molecular flexibility index (Phi) is 2.55. The van der Waals surface area contributed by atoms with E-state index in [-0.39, 0.29) is 11.9 Å². The number of carbonyl (C=O) groups is 1. The Morgan fingerprint density at radius 2 is 2.38 bits per heavy atom. The van der Waals surface area contributed by atoms with Gasteiger partial charge >= 0.3 is 0 Å². The summed E-state index contributed by atoms with van der Waals surface area (Å²) in [5.41, 5.74) is 5.17. The summed E-state index contributed by atoms with van der Waals surface area (Å²) in [5, 5.41) is 4.15. The van der Waals surface area contributed by atoms with Crippen LogP contribution in [0.5, 0.6) is 0 Å². The van der Waals surface area contributed by atoms with E-state index >= 15 is 0 Å². The van der Waals surface area contributed by atoms with Gasteiger partial charge in [0.1, 0.15) is 6.04 Å². The van der Waals surface area contributed by atoms with E-state index in [1.165, 1.54) is 0 Å². The normalized spacial score (nSPS) is 12.5. The largest absolute Gasteiger partial charge is 0.368 e. The molecule has 1 rings (SSSR count). The Morgan fingerprint density at radius 1 is 1.77 bits per heavy atom. The molecule has 5 heteroatoms. The summed E-state index contributed by atoms with van der Waals surface area (Å²) in [6.45, 7) is 1.75. The van der Waals surface area contributed by atoms with Crippen LogP contribution in [0.3, 0.4) is 0 Å². The number of likely N-dealkylation sites (N-methyl/N-ethyl adjacent to an activating group) is 1. The number of rotatable bonds is 3. The zero-order chi connectivity index (χ0) is 10.0. The molecule has 72 valence electrons. The number of amides is 1. The molecule has 1 atom stereocenters. The predicted molar refractivity (Wildman–Crippen MR) is 50.3 cm³/mol. The second kappa shape index (κ2) is 3.47. The third-order valence-electron chi connectivity index (χ3n) is 2.05. The van der Waals surface area contributed by atoms with Gasteiger partial charge in [-0.3, -0.25) is 9.48 Å². The van der Waals surface area contributed by atoms with E-state index in [1.54, 1.807) is 23.6 Å². The van der Waals surface area contributed by atoms with Gasteiger partial charge in [-0.25, -0.2) is 0 Å². The van der Waals surface area contributed by atoms with E-state index in [9.17, 15) is 4.79 Å². The highest BCUT2D eigenvalue weighted by Crippen LogP contribution is 2.10. The molecule has 1 heterocycles. The first-order valence-electron chi connectivity index (χ1n) is 4.04. The maximum absolute atomic E-state index is 10.9. The fraction of sp³-hybridized carbons (Fsp3) is 0.500. The first kappa shape index (κ1) is 9.57. The number of aromatic nitrogens is 2.